The number of carbonyl (C=O) groups is 3. The number of rotatable bonds is 6. The van der Waals surface area contributed by atoms with Gasteiger partial charge >= 0.3 is 5.97 Å². The highest BCUT2D eigenvalue weighted by atomic mass is 35.5. The molecule has 0 unspecified atom stereocenters. The fraction of sp³-hybridized carbons (Fsp3) is 0.0417. The standard InChI is InChI=1S/C24H16Cl2N2O5/c1-32-19-4-2-3-17(13-19)28-22(29)20(26)21(23(28)30)27-16-9-5-14(6-10-16)24(31)33-18-11-7-15(25)8-12-18/h2-13,27H,1H3. The molecular weight excluding hydrogens is 467 g/mol. The van der Waals surface area contributed by atoms with Gasteiger partial charge in [-0.25, -0.2) is 9.69 Å². The minimum Gasteiger partial charge on any atom is -0.497 e. The number of amides is 2. The minimum absolute atomic E-state index is 0.0685. The number of hydrogen-bond acceptors (Lipinski definition) is 6. The molecule has 3 aromatic carbocycles. The Labute approximate surface area is 199 Å². The number of carbonyl (C=O) groups excluding carboxylic acids is 3. The Bertz CT molecular complexity index is 1270. The number of halogens is 2. The predicted octanol–water partition coefficient (Wildman–Crippen LogP) is 5.00. The van der Waals surface area contributed by atoms with Gasteiger partial charge in [-0.3, -0.25) is 9.59 Å². The summed E-state index contributed by atoms with van der Waals surface area (Å²) in [4.78, 5) is 38.8. The third-order valence-corrected chi connectivity index (χ3v) is 5.36. The molecule has 7 nitrogen and oxygen atoms in total. The zero-order valence-electron chi connectivity index (χ0n) is 17.2. The Kier molecular flexibility index (Phi) is 6.35. The summed E-state index contributed by atoms with van der Waals surface area (Å²) in [6, 6.07) is 19.1. The summed E-state index contributed by atoms with van der Waals surface area (Å²) in [5.41, 5.74) is 1.02. The van der Waals surface area contributed by atoms with Crippen LogP contribution in [0.4, 0.5) is 11.4 Å². The van der Waals surface area contributed by atoms with Crippen molar-refractivity contribution < 1.29 is 23.9 Å². The van der Waals surface area contributed by atoms with E-state index in [0.29, 0.717) is 33.5 Å². The van der Waals surface area contributed by atoms with Crippen molar-refractivity contribution in [2.24, 2.45) is 0 Å². The molecule has 33 heavy (non-hydrogen) atoms. The molecule has 3 aromatic rings. The maximum Gasteiger partial charge on any atom is 0.343 e. The zero-order valence-corrected chi connectivity index (χ0v) is 18.7. The van der Waals surface area contributed by atoms with Gasteiger partial charge < -0.3 is 14.8 Å². The molecule has 0 aliphatic carbocycles. The first-order valence-electron chi connectivity index (χ1n) is 9.65. The lowest BCUT2D eigenvalue weighted by atomic mass is 10.2. The number of ether oxygens (including phenoxy) is 2. The fourth-order valence-electron chi connectivity index (χ4n) is 3.10. The summed E-state index contributed by atoms with van der Waals surface area (Å²) in [5.74, 6) is -0.967. The molecule has 2 amide bonds. The second-order valence-corrected chi connectivity index (χ2v) is 7.70. The number of benzene rings is 3. The zero-order chi connectivity index (χ0) is 23.5. The molecule has 1 heterocycles. The largest absolute Gasteiger partial charge is 0.497 e. The molecule has 1 aliphatic rings. The van der Waals surface area contributed by atoms with Crippen molar-refractivity contribution in [1.29, 1.82) is 0 Å². The topological polar surface area (TPSA) is 84.9 Å². The molecule has 0 saturated carbocycles. The van der Waals surface area contributed by atoms with E-state index in [1.165, 1.54) is 19.2 Å². The van der Waals surface area contributed by atoms with Crippen LogP contribution in [0.1, 0.15) is 10.4 Å². The van der Waals surface area contributed by atoms with Gasteiger partial charge in [0.2, 0.25) is 0 Å². The van der Waals surface area contributed by atoms with Crippen LogP contribution < -0.4 is 19.7 Å². The third-order valence-electron chi connectivity index (χ3n) is 4.75. The first-order chi connectivity index (χ1) is 15.9. The normalized spacial score (nSPS) is 13.4. The van der Waals surface area contributed by atoms with E-state index in [1.807, 2.05) is 0 Å². The van der Waals surface area contributed by atoms with E-state index >= 15 is 0 Å². The Morgan fingerprint density at radius 2 is 1.58 bits per heavy atom. The van der Waals surface area contributed by atoms with Crippen LogP contribution in [-0.4, -0.2) is 24.9 Å². The van der Waals surface area contributed by atoms with E-state index in [2.05, 4.69) is 5.32 Å². The van der Waals surface area contributed by atoms with Crippen molar-refractivity contribution >= 4 is 52.4 Å². The lowest BCUT2D eigenvalue weighted by molar-refractivity contribution is -0.120. The summed E-state index contributed by atoms with van der Waals surface area (Å²) in [7, 11) is 1.49. The number of anilines is 2. The summed E-state index contributed by atoms with van der Waals surface area (Å²) in [5, 5.41) is 3.15. The fourth-order valence-corrected chi connectivity index (χ4v) is 3.44. The Balaban J connectivity index is 1.48. The van der Waals surface area contributed by atoms with E-state index in [0.717, 1.165) is 4.90 Å². The Morgan fingerprint density at radius 3 is 2.24 bits per heavy atom. The molecule has 9 heteroatoms. The van der Waals surface area contributed by atoms with Gasteiger partial charge in [0.05, 0.1) is 18.4 Å². The van der Waals surface area contributed by atoms with Crippen molar-refractivity contribution in [3.05, 3.63) is 94.1 Å². The first kappa shape index (κ1) is 22.4. The molecule has 1 N–H and O–H groups in total. The summed E-state index contributed by atoms with van der Waals surface area (Å²) in [6.07, 6.45) is 0. The van der Waals surface area contributed by atoms with Gasteiger partial charge in [0, 0.05) is 16.8 Å². The summed E-state index contributed by atoms with van der Waals surface area (Å²) in [6.45, 7) is 0. The average Bonchev–Trinajstić information content (AvgIpc) is 3.04. The van der Waals surface area contributed by atoms with Crippen LogP contribution in [0.15, 0.2) is 83.5 Å². The lowest BCUT2D eigenvalue weighted by Gasteiger charge is -2.16. The van der Waals surface area contributed by atoms with Gasteiger partial charge in [-0.1, -0.05) is 29.3 Å². The highest BCUT2D eigenvalue weighted by Gasteiger charge is 2.39. The third kappa shape index (κ3) is 4.69. The predicted molar refractivity (Wildman–Crippen MR) is 125 cm³/mol. The molecule has 0 fully saturated rings. The molecular formula is C24H16Cl2N2O5. The molecule has 0 radical (unpaired) electrons. The molecule has 0 spiro atoms. The smallest absolute Gasteiger partial charge is 0.343 e. The van der Waals surface area contributed by atoms with Gasteiger partial charge in [-0.15, -0.1) is 0 Å². The highest BCUT2D eigenvalue weighted by molar-refractivity contribution is 6.53. The number of esters is 1. The van der Waals surface area contributed by atoms with Gasteiger partial charge in [0.1, 0.15) is 22.2 Å². The highest BCUT2D eigenvalue weighted by Crippen LogP contribution is 2.31. The lowest BCUT2D eigenvalue weighted by Crippen LogP contribution is -2.32. The van der Waals surface area contributed by atoms with E-state index in [-0.39, 0.29) is 10.7 Å². The number of methoxy groups -OCH3 is 1. The van der Waals surface area contributed by atoms with E-state index < -0.39 is 17.8 Å². The quantitative estimate of drug-likeness (QED) is 0.302. The Morgan fingerprint density at radius 1 is 0.879 bits per heavy atom. The second-order valence-electron chi connectivity index (χ2n) is 6.88. The van der Waals surface area contributed by atoms with Crippen molar-refractivity contribution in [2.75, 3.05) is 17.3 Å². The van der Waals surface area contributed by atoms with E-state index in [9.17, 15) is 14.4 Å². The van der Waals surface area contributed by atoms with E-state index in [4.69, 9.17) is 32.7 Å². The van der Waals surface area contributed by atoms with Crippen molar-refractivity contribution in [1.82, 2.24) is 0 Å². The van der Waals surface area contributed by atoms with Crippen molar-refractivity contribution in [3.8, 4) is 11.5 Å². The number of imide groups is 1. The summed E-state index contributed by atoms with van der Waals surface area (Å²) < 4.78 is 10.4. The summed E-state index contributed by atoms with van der Waals surface area (Å²) >= 11 is 12.0. The second kappa shape index (κ2) is 9.36. The maximum absolute atomic E-state index is 12.9. The van der Waals surface area contributed by atoms with Crippen LogP contribution in [0.5, 0.6) is 11.5 Å². The van der Waals surface area contributed by atoms with E-state index in [1.54, 1.807) is 60.7 Å². The number of hydrogen-bond donors (Lipinski definition) is 1. The molecule has 166 valence electrons. The van der Waals surface area contributed by atoms with Crippen LogP contribution in [0.2, 0.25) is 5.02 Å². The van der Waals surface area contributed by atoms with Gasteiger partial charge in [0.15, 0.2) is 0 Å². The molecule has 0 atom stereocenters. The van der Waals surface area contributed by atoms with Gasteiger partial charge in [-0.05, 0) is 60.7 Å². The Hall–Kier alpha value is -3.81. The first-order valence-corrected chi connectivity index (χ1v) is 10.4. The van der Waals surface area contributed by atoms with Crippen LogP contribution in [0.25, 0.3) is 0 Å². The average molecular weight is 483 g/mol. The molecule has 0 bridgehead atoms. The maximum atomic E-state index is 12.9. The van der Waals surface area contributed by atoms with Crippen LogP contribution in [0.3, 0.4) is 0 Å². The molecule has 0 saturated heterocycles. The van der Waals surface area contributed by atoms with Crippen LogP contribution in [0, 0.1) is 0 Å². The van der Waals surface area contributed by atoms with Crippen LogP contribution >= 0.6 is 23.2 Å². The van der Waals surface area contributed by atoms with Gasteiger partial charge in [0.25, 0.3) is 11.8 Å². The van der Waals surface area contributed by atoms with Crippen molar-refractivity contribution in [3.63, 3.8) is 0 Å². The van der Waals surface area contributed by atoms with Gasteiger partial charge in [-0.2, -0.15) is 0 Å². The monoisotopic (exact) mass is 482 g/mol. The molecule has 1 aliphatic heterocycles. The van der Waals surface area contributed by atoms with Crippen LogP contribution in [-0.2, 0) is 9.59 Å². The molecule has 4 rings (SSSR count). The molecule has 0 aromatic heterocycles. The van der Waals surface area contributed by atoms with Crippen molar-refractivity contribution in [2.45, 2.75) is 0 Å². The number of nitrogens with zero attached hydrogens (tertiary/aromatic N) is 1. The minimum atomic E-state index is -0.652. The number of nitrogens with one attached hydrogen (secondary N) is 1. The SMILES string of the molecule is COc1cccc(N2C(=O)C(Cl)=C(Nc3ccc(C(=O)Oc4ccc(Cl)cc4)cc3)C2=O)c1.